The van der Waals surface area contributed by atoms with Crippen LogP contribution in [-0.4, -0.2) is 12.5 Å². The molecule has 0 aliphatic rings. The molecule has 0 saturated heterocycles. The molecule has 2 aromatic carbocycles. The topological polar surface area (TPSA) is 41.1 Å². The highest BCUT2D eigenvalue weighted by molar-refractivity contribution is 5.90. The molecule has 5 heteroatoms. The van der Waals surface area contributed by atoms with Gasteiger partial charge < -0.3 is 10.6 Å². The number of anilines is 2. The van der Waals surface area contributed by atoms with Crippen molar-refractivity contribution >= 4 is 17.3 Å². The number of halogens is 2. The van der Waals surface area contributed by atoms with Crippen molar-refractivity contribution in [3.63, 3.8) is 0 Å². The molecule has 2 aromatic rings. The number of carbonyl (C=O) groups is 1. The van der Waals surface area contributed by atoms with E-state index < -0.39 is 11.6 Å². The van der Waals surface area contributed by atoms with Crippen molar-refractivity contribution in [1.82, 2.24) is 0 Å². The number of amides is 1. The molecule has 0 saturated carbocycles. The Morgan fingerprint density at radius 2 is 1.60 bits per heavy atom. The van der Waals surface area contributed by atoms with Crippen molar-refractivity contribution in [1.29, 1.82) is 0 Å². The molecule has 1 amide bonds. The number of benzene rings is 2. The summed E-state index contributed by atoms with van der Waals surface area (Å²) in [4.78, 5) is 11.6. The Kier molecular flexibility index (Phi) is 4.65. The molecule has 0 bridgehead atoms. The van der Waals surface area contributed by atoms with Gasteiger partial charge in [-0.05, 0) is 24.3 Å². The second-order valence-electron chi connectivity index (χ2n) is 4.19. The van der Waals surface area contributed by atoms with Gasteiger partial charge in [-0.25, -0.2) is 8.78 Å². The van der Waals surface area contributed by atoms with Gasteiger partial charge in [-0.2, -0.15) is 0 Å². The first-order valence-electron chi connectivity index (χ1n) is 6.19. The van der Waals surface area contributed by atoms with Gasteiger partial charge in [0.25, 0.3) is 0 Å². The summed E-state index contributed by atoms with van der Waals surface area (Å²) in [6, 6.07) is 12.6. The summed E-state index contributed by atoms with van der Waals surface area (Å²) in [6.07, 6.45) is 0.114. The SMILES string of the molecule is O=C(CCNc1c(F)cccc1F)Nc1ccccc1. The van der Waals surface area contributed by atoms with Gasteiger partial charge in [-0.1, -0.05) is 24.3 Å². The lowest BCUT2D eigenvalue weighted by Gasteiger charge is -2.09. The van der Waals surface area contributed by atoms with E-state index in [1.165, 1.54) is 6.07 Å². The minimum Gasteiger partial charge on any atom is -0.380 e. The van der Waals surface area contributed by atoms with E-state index in [0.29, 0.717) is 5.69 Å². The van der Waals surface area contributed by atoms with Gasteiger partial charge in [-0.15, -0.1) is 0 Å². The fourth-order valence-corrected chi connectivity index (χ4v) is 1.71. The van der Waals surface area contributed by atoms with Crippen molar-refractivity contribution in [3.05, 3.63) is 60.2 Å². The van der Waals surface area contributed by atoms with Crippen LogP contribution in [0.2, 0.25) is 0 Å². The molecule has 0 unspecified atom stereocenters. The predicted octanol–water partition coefficient (Wildman–Crippen LogP) is 3.41. The van der Waals surface area contributed by atoms with E-state index >= 15 is 0 Å². The molecule has 0 aliphatic carbocycles. The van der Waals surface area contributed by atoms with E-state index in [-0.39, 0.29) is 24.6 Å². The average molecular weight is 276 g/mol. The molecule has 0 aliphatic heterocycles. The molecule has 0 fully saturated rings. The van der Waals surface area contributed by atoms with Gasteiger partial charge in [0.05, 0.1) is 0 Å². The van der Waals surface area contributed by atoms with Crippen LogP contribution in [0.3, 0.4) is 0 Å². The largest absolute Gasteiger partial charge is 0.380 e. The monoisotopic (exact) mass is 276 g/mol. The maximum absolute atomic E-state index is 13.3. The van der Waals surface area contributed by atoms with Gasteiger partial charge in [0, 0.05) is 18.7 Å². The van der Waals surface area contributed by atoms with Gasteiger partial charge in [-0.3, -0.25) is 4.79 Å². The van der Waals surface area contributed by atoms with Crippen molar-refractivity contribution in [3.8, 4) is 0 Å². The van der Waals surface area contributed by atoms with E-state index in [4.69, 9.17) is 0 Å². The lowest BCUT2D eigenvalue weighted by molar-refractivity contribution is -0.115. The third kappa shape index (κ3) is 3.78. The maximum Gasteiger partial charge on any atom is 0.226 e. The molecule has 104 valence electrons. The van der Waals surface area contributed by atoms with Crippen LogP contribution in [-0.2, 0) is 4.79 Å². The molecule has 0 heterocycles. The highest BCUT2D eigenvalue weighted by atomic mass is 19.1. The number of nitrogens with one attached hydrogen (secondary N) is 2. The quantitative estimate of drug-likeness (QED) is 0.878. The van der Waals surface area contributed by atoms with E-state index in [9.17, 15) is 13.6 Å². The summed E-state index contributed by atoms with van der Waals surface area (Å²) in [7, 11) is 0. The summed E-state index contributed by atoms with van der Waals surface area (Å²) in [5.74, 6) is -1.57. The summed E-state index contributed by atoms with van der Waals surface area (Å²) in [5, 5.41) is 5.28. The summed E-state index contributed by atoms with van der Waals surface area (Å²) >= 11 is 0. The van der Waals surface area contributed by atoms with Crippen molar-refractivity contribution in [2.45, 2.75) is 6.42 Å². The number of rotatable bonds is 5. The van der Waals surface area contributed by atoms with Gasteiger partial charge in [0.15, 0.2) is 0 Å². The normalized spacial score (nSPS) is 10.1. The van der Waals surface area contributed by atoms with E-state index in [1.807, 2.05) is 18.2 Å². The smallest absolute Gasteiger partial charge is 0.226 e. The Bertz CT molecular complexity index is 567. The van der Waals surface area contributed by atoms with Gasteiger partial charge in [0.1, 0.15) is 17.3 Å². The number of carbonyl (C=O) groups excluding carboxylic acids is 1. The lowest BCUT2D eigenvalue weighted by atomic mass is 10.2. The minimum atomic E-state index is -0.673. The minimum absolute atomic E-state index is 0.114. The molecule has 3 nitrogen and oxygen atoms in total. The zero-order valence-corrected chi connectivity index (χ0v) is 10.7. The standard InChI is InChI=1S/C15H14F2N2O/c16-12-7-4-8-13(17)15(12)18-10-9-14(20)19-11-5-2-1-3-6-11/h1-8,18H,9-10H2,(H,19,20). The average Bonchev–Trinajstić information content (AvgIpc) is 2.43. The van der Waals surface area contributed by atoms with Crippen LogP contribution in [0.1, 0.15) is 6.42 Å². The lowest BCUT2D eigenvalue weighted by Crippen LogP contribution is -2.17. The molecule has 20 heavy (non-hydrogen) atoms. The molecule has 2 N–H and O–H groups in total. The van der Waals surface area contributed by atoms with Crippen LogP contribution >= 0.6 is 0 Å². The van der Waals surface area contributed by atoms with Crippen molar-refractivity contribution in [2.75, 3.05) is 17.2 Å². The second-order valence-corrected chi connectivity index (χ2v) is 4.19. The predicted molar refractivity (Wildman–Crippen MR) is 74.5 cm³/mol. The second kappa shape index (κ2) is 6.65. The van der Waals surface area contributed by atoms with Crippen molar-refractivity contribution < 1.29 is 13.6 Å². The molecule has 0 aromatic heterocycles. The molecular weight excluding hydrogens is 262 g/mol. The molecule has 0 radical (unpaired) electrons. The molecule has 2 rings (SSSR count). The Labute approximate surface area is 115 Å². The highest BCUT2D eigenvalue weighted by Crippen LogP contribution is 2.17. The molecular formula is C15H14F2N2O. The van der Waals surface area contributed by atoms with Crippen LogP contribution in [0.15, 0.2) is 48.5 Å². The fraction of sp³-hybridized carbons (Fsp3) is 0.133. The van der Waals surface area contributed by atoms with E-state index in [1.54, 1.807) is 12.1 Å². The number of hydrogen-bond donors (Lipinski definition) is 2. The highest BCUT2D eigenvalue weighted by Gasteiger charge is 2.08. The number of hydrogen-bond acceptors (Lipinski definition) is 2. The van der Waals surface area contributed by atoms with Crippen LogP contribution in [0, 0.1) is 11.6 Å². The van der Waals surface area contributed by atoms with Crippen LogP contribution < -0.4 is 10.6 Å². The Morgan fingerprint density at radius 3 is 2.25 bits per heavy atom. The summed E-state index contributed by atoms with van der Waals surface area (Å²) in [6.45, 7) is 0.149. The van der Waals surface area contributed by atoms with Crippen LogP contribution in [0.4, 0.5) is 20.2 Å². The third-order valence-electron chi connectivity index (χ3n) is 2.67. The Balaban J connectivity index is 1.83. The van der Waals surface area contributed by atoms with E-state index in [0.717, 1.165) is 12.1 Å². The summed E-state index contributed by atoms with van der Waals surface area (Å²) in [5.41, 5.74) is 0.481. The fourth-order valence-electron chi connectivity index (χ4n) is 1.71. The zero-order valence-electron chi connectivity index (χ0n) is 10.7. The van der Waals surface area contributed by atoms with Gasteiger partial charge in [0.2, 0.25) is 5.91 Å². The summed E-state index contributed by atoms with van der Waals surface area (Å²) < 4.78 is 26.6. The maximum atomic E-state index is 13.3. The zero-order chi connectivity index (χ0) is 14.4. The Hall–Kier alpha value is -2.43. The number of para-hydroxylation sites is 2. The Morgan fingerprint density at radius 1 is 0.950 bits per heavy atom. The first-order chi connectivity index (χ1) is 9.66. The van der Waals surface area contributed by atoms with Crippen LogP contribution in [0.5, 0.6) is 0 Å². The van der Waals surface area contributed by atoms with E-state index in [2.05, 4.69) is 10.6 Å². The molecule has 0 atom stereocenters. The van der Waals surface area contributed by atoms with Crippen LogP contribution in [0.25, 0.3) is 0 Å². The molecule has 0 spiro atoms. The first kappa shape index (κ1) is 14.0. The third-order valence-corrected chi connectivity index (χ3v) is 2.67. The van der Waals surface area contributed by atoms with Gasteiger partial charge >= 0.3 is 0 Å². The first-order valence-corrected chi connectivity index (χ1v) is 6.19. The van der Waals surface area contributed by atoms with Crippen molar-refractivity contribution in [2.24, 2.45) is 0 Å².